The average Bonchev–Trinajstić information content (AvgIpc) is 2.83. The Labute approximate surface area is 146 Å². The standard InChI is InChI=1S/C19H23N3O3/c1-13-10-14(2)22(21-13)12-15-4-6-16(7-5-15)18(25)20-19(8-3-9-19)11-17(23)24/h4-7,10H,3,8-9,11-12H2,1-2H3,(H,20,25)(H,23,24). The van der Waals surface area contributed by atoms with E-state index in [2.05, 4.69) is 10.4 Å². The first-order valence-electron chi connectivity index (χ1n) is 8.51. The molecule has 0 bridgehead atoms. The lowest BCUT2D eigenvalue weighted by molar-refractivity contribution is -0.139. The normalized spacial score (nSPS) is 15.4. The molecule has 1 saturated carbocycles. The van der Waals surface area contributed by atoms with Gasteiger partial charge < -0.3 is 10.4 Å². The highest BCUT2D eigenvalue weighted by Gasteiger charge is 2.40. The van der Waals surface area contributed by atoms with Crippen molar-refractivity contribution >= 4 is 11.9 Å². The third-order valence-corrected chi connectivity index (χ3v) is 4.83. The summed E-state index contributed by atoms with van der Waals surface area (Å²) in [6.45, 7) is 4.64. The topological polar surface area (TPSA) is 84.2 Å². The van der Waals surface area contributed by atoms with Gasteiger partial charge in [-0.3, -0.25) is 14.3 Å². The lowest BCUT2D eigenvalue weighted by atomic mass is 9.74. The predicted molar refractivity (Wildman–Crippen MR) is 93.5 cm³/mol. The van der Waals surface area contributed by atoms with Crippen LogP contribution in [0.3, 0.4) is 0 Å². The summed E-state index contributed by atoms with van der Waals surface area (Å²) in [5.41, 5.74) is 3.11. The summed E-state index contributed by atoms with van der Waals surface area (Å²) < 4.78 is 1.93. The monoisotopic (exact) mass is 341 g/mol. The van der Waals surface area contributed by atoms with Gasteiger partial charge in [0.15, 0.2) is 0 Å². The van der Waals surface area contributed by atoms with E-state index in [-0.39, 0.29) is 12.3 Å². The maximum absolute atomic E-state index is 12.4. The van der Waals surface area contributed by atoms with Crippen molar-refractivity contribution in [1.82, 2.24) is 15.1 Å². The Balaban J connectivity index is 1.66. The van der Waals surface area contributed by atoms with Crippen molar-refractivity contribution in [3.8, 4) is 0 Å². The largest absolute Gasteiger partial charge is 0.481 e. The zero-order chi connectivity index (χ0) is 18.0. The first kappa shape index (κ1) is 17.2. The summed E-state index contributed by atoms with van der Waals surface area (Å²) in [5, 5.41) is 16.4. The average molecular weight is 341 g/mol. The van der Waals surface area contributed by atoms with Crippen molar-refractivity contribution < 1.29 is 14.7 Å². The number of rotatable bonds is 6. The smallest absolute Gasteiger partial charge is 0.305 e. The molecular weight excluding hydrogens is 318 g/mol. The van der Waals surface area contributed by atoms with E-state index in [1.165, 1.54) is 0 Å². The van der Waals surface area contributed by atoms with E-state index in [1.807, 2.05) is 36.7 Å². The van der Waals surface area contributed by atoms with Crippen molar-refractivity contribution in [2.75, 3.05) is 0 Å². The summed E-state index contributed by atoms with van der Waals surface area (Å²) in [5.74, 6) is -1.08. The van der Waals surface area contributed by atoms with Crippen LogP contribution >= 0.6 is 0 Å². The third kappa shape index (κ3) is 3.90. The van der Waals surface area contributed by atoms with Crippen LogP contribution in [0.4, 0.5) is 0 Å². The number of aliphatic carboxylic acids is 1. The van der Waals surface area contributed by atoms with Gasteiger partial charge in [-0.25, -0.2) is 0 Å². The van der Waals surface area contributed by atoms with Gasteiger partial charge in [0.2, 0.25) is 0 Å². The number of carboxylic acid groups (broad SMARTS) is 1. The van der Waals surface area contributed by atoms with E-state index >= 15 is 0 Å². The Hall–Kier alpha value is -2.63. The van der Waals surface area contributed by atoms with Crippen LogP contribution in [0, 0.1) is 13.8 Å². The second-order valence-corrected chi connectivity index (χ2v) is 6.94. The molecule has 0 aliphatic heterocycles. The number of hydrogen-bond donors (Lipinski definition) is 2. The summed E-state index contributed by atoms with van der Waals surface area (Å²) in [6.07, 6.45) is 2.38. The Kier molecular flexibility index (Phi) is 4.61. The van der Waals surface area contributed by atoms with Crippen LogP contribution in [0.15, 0.2) is 30.3 Å². The summed E-state index contributed by atoms with van der Waals surface area (Å²) in [4.78, 5) is 23.5. The van der Waals surface area contributed by atoms with Gasteiger partial charge in [-0.2, -0.15) is 5.10 Å². The van der Waals surface area contributed by atoms with E-state index in [0.29, 0.717) is 12.1 Å². The van der Waals surface area contributed by atoms with Crippen LogP contribution < -0.4 is 5.32 Å². The zero-order valence-corrected chi connectivity index (χ0v) is 14.6. The molecule has 1 aliphatic carbocycles. The fraction of sp³-hybridized carbons (Fsp3) is 0.421. The highest BCUT2D eigenvalue weighted by atomic mass is 16.4. The zero-order valence-electron chi connectivity index (χ0n) is 14.6. The Bertz CT molecular complexity index is 789. The highest BCUT2D eigenvalue weighted by molar-refractivity contribution is 5.95. The van der Waals surface area contributed by atoms with Gasteiger partial charge in [0, 0.05) is 11.3 Å². The number of nitrogens with zero attached hydrogens (tertiary/aromatic N) is 2. The summed E-state index contributed by atoms with van der Waals surface area (Å²) >= 11 is 0. The van der Waals surface area contributed by atoms with Gasteiger partial charge >= 0.3 is 5.97 Å². The van der Waals surface area contributed by atoms with Gasteiger partial charge in [-0.05, 0) is 56.9 Å². The van der Waals surface area contributed by atoms with Crippen molar-refractivity contribution in [3.05, 3.63) is 52.8 Å². The Morgan fingerprint density at radius 3 is 2.40 bits per heavy atom. The fourth-order valence-corrected chi connectivity index (χ4v) is 3.32. The maximum Gasteiger partial charge on any atom is 0.305 e. The summed E-state index contributed by atoms with van der Waals surface area (Å²) in [6, 6.07) is 9.42. The second-order valence-electron chi connectivity index (χ2n) is 6.94. The molecule has 1 fully saturated rings. The molecule has 0 unspecified atom stereocenters. The number of carbonyl (C=O) groups excluding carboxylic acids is 1. The van der Waals surface area contributed by atoms with Gasteiger partial charge in [0.25, 0.3) is 5.91 Å². The SMILES string of the molecule is Cc1cc(C)n(Cc2ccc(C(=O)NC3(CC(=O)O)CCC3)cc2)n1. The first-order valence-corrected chi connectivity index (χ1v) is 8.51. The molecule has 0 radical (unpaired) electrons. The minimum absolute atomic E-state index is 0.0191. The number of carboxylic acids is 1. The van der Waals surface area contributed by atoms with E-state index < -0.39 is 11.5 Å². The summed E-state index contributed by atoms with van der Waals surface area (Å²) in [7, 11) is 0. The van der Waals surface area contributed by atoms with Gasteiger partial charge in [-0.1, -0.05) is 12.1 Å². The molecule has 1 heterocycles. The molecule has 0 saturated heterocycles. The second kappa shape index (κ2) is 6.70. The molecule has 0 atom stereocenters. The highest BCUT2D eigenvalue weighted by Crippen LogP contribution is 2.35. The number of hydrogen-bond acceptors (Lipinski definition) is 3. The molecule has 1 aromatic carbocycles. The molecule has 2 aromatic rings. The molecule has 1 aliphatic rings. The van der Waals surface area contributed by atoms with Crippen LogP contribution in [0.2, 0.25) is 0 Å². The van der Waals surface area contributed by atoms with E-state index in [0.717, 1.165) is 36.2 Å². The van der Waals surface area contributed by atoms with Gasteiger partial charge in [0.1, 0.15) is 0 Å². The minimum Gasteiger partial charge on any atom is -0.481 e. The van der Waals surface area contributed by atoms with Crippen LogP contribution in [-0.4, -0.2) is 32.3 Å². The van der Waals surface area contributed by atoms with E-state index in [9.17, 15) is 9.59 Å². The molecule has 6 nitrogen and oxygen atoms in total. The quantitative estimate of drug-likeness (QED) is 0.846. The molecule has 1 aromatic heterocycles. The molecule has 3 rings (SSSR count). The molecule has 25 heavy (non-hydrogen) atoms. The number of aromatic nitrogens is 2. The molecule has 132 valence electrons. The van der Waals surface area contributed by atoms with E-state index in [1.54, 1.807) is 12.1 Å². The van der Waals surface area contributed by atoms with E-state index in [4.69, 9.17) is 5.11 Å². The molecule has 6 heteroatoms. The van der Waals surface area contributed by atoms with Crippen LogP contribution in [0.5, 0.6) is 0 Å². The number of amides is 1. The van der Waals surface area contributed by atoms with Crippen molar-refractivity contribution in [2.45, 2.75) is 51.6 Å². The van der Waals surface area contributed by atoms with Crippen molar-refractivity contribution in [1.29, 1.82) is 0 Å². The lowest BCUT2D eigenvalue weighted by Crippen LogP contribution is -2.54. The minimum atomic E-state index is -0.875. The number of carbonyl (C=O) groups is 2. The fourth-order valence-electron chi connectivity index (χ4n) is 3.32. The molecule has 1 amide bonds. The third-order valence-electron chi connectivity index (χ3n) is 4.83. The van der Waals surface area contributed by atoms with Crippen LogP contribution in [-0.2, 0) is 11.3 Å². The van der Waals surface area contributed by atoms with Crippen molar-refractivity contribution in [3.63, 3.8) is 0 Å². The molecule has 2 N–H and O–H groups in total. The predicted octanol–water partition coefficient (Wildman–Crippen LogP) is 2.68. The lowest BCUT2D eigenvalue weighted by Gasteiger charge is -2.41. The number of aryl methyl sites for hydroxylation is 2. The van der Waals surface area contributed by atoms with Crippen LogP contribution in [0.25, 0.3) is 0 Å². The van der Waals surface area contributed by atoms with Crippen molar-refractivity contribution in [2.24, 2.45) is 0 Å². The first-order chi connectivity index (χ1) is 11.9. The van der Waals surface area contributed by atoms with Gasteiger partial charge in [-0.15, -0.1) is 0 Å². The Morgan fingerprint density at radius 1 is 1.24 bits per heavy atom. The number of benzene rings is 1. The number of nitrogens with one attached hydrogen (secondary N) is 1. The maximum atomic E-state index is 12.4. The molecule has 0 spiro atoms. The Morgan fingerprint density at radius 2 is 1.92 bits per heavy atom. The van der Waals surface area contributed by atoms with Crippen LogP contribution in [0.1, 0.15) is 53.0 Å². The van der Waals surface area contributed by atoms with Gasteiger partial charge in [0.05, 0.1) is 24.2 Å². The molecular formula is C19H23N3O3.